The van der Waals surface area contributed by atoms with E-state index in [2.05, 4.69) is 21.2 Å². The molecule has 3 aromatic carbocycles. The molecule has 4 amide bonds. The minimum Gasteiger partial charge on any atom is -0.508 e. The molecule has 0 aliphatic carbocycles. The Bertz CT molecular complexity index is 1270. The van der Waals surface area contributed by atoms with Gasteiger partial charge in [-0.3, -0.25) is 14.9 Å². The van der Waals surface area contributed by atoms with Crippen LogP contribution in [0, 0.1) is 5.82 Å². The zero-order valence-electron chi connectivity index (χ0n) is 16.5. The van der Waals surface area contributed by atoms with E-state index >= 15 is 0 Å². The highest BCUT2D eigenvalue weighted by Crippen LogP contribution is 2.26. The lowest BCUT2D eigenvalue weighted by Crippen LogP contribution is -2.54. The number of carbonyl (C=O) groups is 3. The first-order valence-corrected chi connectivity index (χ1v) is 10.3. The molecule has 4 rings (SSSR count). The Balaban J connectivity index is 1.63. The number of nitrogens with one attached hydrogen (secondary N) is 1. The van der Waals surface area contributed by atoms with Crippen molar-refractivity contribution in [1.29, 1.82) is 0 Å². The molecule has 2 N–H and O–H groups in total. The van der Waals surface area contributed by atoms with Crippen LogP contribution in [-0.4, -0.2) is 23.0 Å². The van der Waals surface area contributed by atoms with E-state index in [9.17, 15) is 23.9 Å². The molecule has 32 heavy (non-hydrogen) atoms. The number of urea groups is 1. The molecular formula is C24H16BrFN2O4. The predicted octanol–water partition coefficient (Wildman–Crippen LogP) is 4.55. The van der Waals surface area contributed by atoms with Crippen LogP contribution in [0.15, 0.2) is 76.8 Å². The van der Waals surface area contributed by atoms with Crippen molar-refractivity contribution < 1.29 is 23.9 Å². The zero-order chi connectivity index (χ0) is 22.8. The Labute approximate surface area is 191 Å². The van der Waals surface area contributed by atoms with Crippen molar-refractivity contribution in [3.63, 3.8) is 0 Å². The lowest BCUT2D eigenvalue weighted by atomic mass is 10.0. The normalized spacial score (nSPS) is 15.2. The number of phenols is 1. The summed E-state index contributed by atoms with van der Waals surface area (Å²) in [6.45, 7) is 0. The lowest BCUT2D eigenvalue weighted by molar-refractivity contribution is -0.122. The molecule has 1 saturated heterocycles. The lowest BCUT2D eigenvalue weighted by Gasteiger charge is -2.26. The highest BCUT2D eigenvalue weighted by Gasteiger charge is 2.36. The van der Waals surface area contributed by atoms with E-state index in [-0.39, 0.29) is 22.8 Å². The third kappa shape index (κ3) is 4.31. The van der Waals surface area contributed by atoms with Gasteiger partial charge in [0, 0.05) is 10.9 Å². The van der Waals surface area contributed by atoms with Crippen molar-refractivity contribution in [2.45, 2.75) is 6.42 Å². The summed E-state index contributed by atoms with van der Waals surface area (Å²) in [5.74, 6) is -1.91. The number of nitrogens with zero attached hydrogens (tertiary/aromatic N) is 1. The van der Waals surface area contributed by atoms with Crippen LogP contribution >= 0.6 is 15.9 Å². The largest absolute Gasteiger partial charge is 0.508 e. The maximum Gasteiger partial charge on any atom is 0.335 e. The van der Waals surface area contributed by atoms with Gasteiger partial charge in [0.1, 0.15) is 17.1 Å². The fraction of sp³-hybridized carbons (Fsp3) is 0.0417. The number of amides is 4. The van der Waals surface area contributed by atoms with Gasteiger partial charge in [-0.05, 0) is 59.2 Å². The van der Waals surface area contributed by atoms with E-state index in [1.165, 1.54) is 36.4 Å². The average molecular weight is 495 g/mol. The van der Waals surface area contributed by atoms with Gasteiger partial charge in [-0.15, -0.1) is 0 Å². The number of benzene rings is 3. The summed E-state index contributed by atoms with van der Waals surface area (Å²) in [6.07, 6.45) is 1.75. The minimum atomic E-state index is -0.871. The number of imide groups is 2. The van der Waals surface area contributed by atoms with Gasteiger partial charge in [0.05, 0.1) is 5.69 Å². The molecule has 6 nitrogen and oxygen atoms in total. The smallest absolute Gasteiger partial charge is 0.335 e. The summed E-state index contributed by atoms with van der Waals surface area (Å²) < 4.78 is 14.6. The number of anilines is 1. The van der Waals surface area contributed by atoms with Crippen LogP contribution in [-0.2, 0) is 16.0 Å². The third-order valence-corrected chi connectivity index (χ3v) is 5.67. The SMILES string of the molecule is O=C1NC(=O)N(c2ccc(O)cc2)C(=O)/C1=C/c1ccc(Cc2ccccc2F)c(Br)c1. The van der Waals surface area contributed by atoms with Crippen LogP contribution < -0.4 is 10.2 Å². The molecule has 0 atom stereocenters. The number of aromatic hydroxyl groups is 1. The molecule has 3 aromatic rings. The van der Waals surface area contributed by atoms with Crippen LogP contribution in [0.4, 0.5) is 14.9 Å². The maximum atomic E-state index is 14.0. The summed E-state index contributed by atoms with van der Waals surface area (Å²) >= 11 is 3.46. The van der Waals surface area contributed by atoms with Crippen molar-refractivity contribution in [3.8, 4) is 5.75 Å². The van der Waals surface area contributed by atoms with Crippen LogP contribution in [0.25, 0.3) is 6.08 Å². The average Bonchev–Trinajstić information content (AvgIpc) is 2.75. The predicted molar refractivity (Wildman–Crippen MR) is 120 cm³/mol. The van der Waals surface area contributed by atoms with Crippen molar-refractivity contribution in [3.05, 3.63) is 99.3 Å². The number of rotatable bonds is 4. The molecule has 0 bridgehead atoms. The number of hydrogen-bond donors (Lipinski definition) is 2. The number of carbonyl (C=O) groups excluding carboxylic acids is 3. The molecule has 1 aliphatic heterocycles. The number of halogens is 2. The Morgan fingerprint density at radius 3 is 2.38 bits per heavy atom. The second-order valence-electron chi connectivity index (χ2n) is 7.09. The van der Waals surface area contributed by atoms with Crippen molar-refractivity contribution >= 4 is 45.5 Å². The molecule has 0 spiro atoms. The van der Waals surface area contributed by atoms with E-state index in [1.54, 1.807) is 36.4 Å². The molecule has 1 heterocycles. The van der Waals surface area contributed by atoms with Gasteiger partial charge in [-0.25, -0.2) is 14.1 Å². The summed E-state index contributed by atoms with van der Waals surface area (Å²) in [4.78, 5) is 38.3. The first kappa shape index (κ1) is 21.5. The fourth-order valence-electron chi connectivity index (χ4n) is 3.30. The highest BCUT2D eigenvalue weighted by atomic mass is 79.9. The summed E-state index contributed by atoms with van der Waals surface area (Å²) in [7, 11) is 0. The Morgan fingerprint density at radius 2 is 1.69 bits per heavy atom. The van der Waals surface area contributed by atoms with E-state index in [0.29, 0.717) is 22.0 Å². The van der Waals surface area contributed by atoms with Crippen LogP contribution in [0.5, 0.6) is 5.75 Å². The number of barbiturate groups is 1. The first-order chi connectivity index (χ1) is 15.3. The zero-order valence-corrected chi connectivity index (χ0v) is 18.1. The number of phenolic OH excluding ortho intramolecular Hbond substituents is 1. The molecule has 0 aromatic heterocycles. The van der Waals surface area contributed by atoms with E-state index < -0.39 is 17.8 Å². The van der Waals surface area contributed by atoms with Crippen molar-refractivity contribution in [2.75, 3.05) is 4.90 Å². The van der Waals surface area contributed by atoms with Gasteiger partial charge in [-0.1, -0.05) is 46.3 Å². The van der Waals surface area contributed by atoms with Gasteiger partial charge in [-0.2, -0.15) is 0 Å². The number of hydrogen-bond acceptors (Lipinski definition) is 4. The van der Waals surface area contributed by atoms with Gasteiger partial charge in [0.25, 0.3) is 11.8 Å². The topological polar surface area (TPSA) is 86.7 Å². The second-order valence-corrected chi connectivity index (χ2v) is 7.95. The molecule has 0 radical (unpaired) electrons. The summed E-state index contributed by atoms with van der Waals surface area (Å²) in [6, 6.07) is 16.3. The Hall–Kier alpha value is -3.78. The van der Waals surface area contributed by atoms with Crippen LogP contribution in [0.1, 0.15) is 16.7 Å². The Kier molecular flexibility index (Phi) is 5.87. The molecule has 0 unspecified atom stereocenters. The van der Waals surface area contributed by atoms with Gasteiger partial charge in [0.15, 0.2) is 0 Å². The second kappa shape index (κ2) is 8.76. The molecule has 160 valence electrons. The molecule has 1 fully saturated rings. The molecular weight excluding hydrogens is 479 g/mol. The molecule has 1 aliphatic rings. The van der Waals surface area contributed by atoms with Gasteiger partial charge >= 0.3 is 6.03 Å². The first-order valence-electron chi connectivity index (χ1n) is 9.56. The minimum absolute atomic E-state index is 0.0224. The quantitative estimate of drug-likeness (QED) is 0.411. The summed E-state index contributed by atoms with van der Waals surface area (Å²) in [5, 5.41) is 11.6. The van der Waals surface area contributed by atoms with E-state index in [0.717, 1.165) is 10.5 Å². The van der Waals surface area contributed by atoms with Crippen LogP contribution in [0.2, 0.25) is 0 Å². The Morgan fingerprint density at radius 1 is 0.969 bits per heavy atom. The molecule has 8 heteroatoms. The van der Waals surface area contributed by atoms with E-state index in [4.69, 9.17) is 0 Å². The van der Waals surface area contributed by atoms with Crippen molar-refractivity contribution in [1.82, 2.24) is 5.32 Å². The third-order valence-electron chi connectivity index (χ3n) is 4.94. The standard InChI is InChI=1S/C24H16BrFN2O4/c25-20-12-14(5-6-15(20)13-16-3-1-2-4-21(16)26)11-19-22(30)27-24(32)28(23(19)31)17-7-9-18(29)10-8-17/h1-12,29H,13H2,(H,27,30,32)/b19-11+. The highest BCUT2D eigenvalue weighted by molar-refractivity contribution is 9.10. The van der Waals surface area contributed by atoms with Gasteiger partial charge in [0.2, 0.25) is 0 Å². The monoisotopic (exact) mass is 494 g/mol. The van der Waals surface area contributed by atoms with Crippen molar-refractivity contribution in [2.24, 2.45) is 0 Å². The fourth-order valence-corrected chi connectivity index (χ4v) is 3.84. The van der Waals surface area contributed by atoms with E-state index in [1.807, 2.05) is 0 Å². The van der Waals surface area contributed by atoms with Gasteiger partial charge < -0.3 is 5.11 Å². The maximum absolute atomic E-state index is 14.0. The molecule has 0 saturated carbocycles. The summed E-state index contributed by atoms with van der Waals surface area (Å²) in [5.41, 5.74) is 1.92. The van der Waals surface area contributed by atoms with Crippen LogP contribution in [0.3, 0.4) is 0 Å².